The predicted molar refractivity (Wildman–Crippen MR) is 298 cm³/mol. The van der Waals surface area contributed by atoms with E-state index in [9.17, 15) is 0 Å². The fraction of sp³-hybridized carbons (Fsp3) is 0. The van der Waals surface area contributed by atoms with Crippen LogP contribution >= 0.6 is 0 Å². The first-order chi connectivity index (χ1) is 36.2. The minimum absolute atomic E-state index is 0.786. The summed E-state index contributed by atoms with van der Waals surface area (Å²) in [6.07, 6.45) is 15.6. The highest BCUT2D eigenvalue weighted by Gasteiger charge is 2.21. The molecule has 7 nitrogen and oxygen atoms in total. The summed E-state index contributed by atoms with van der Waals surface area (Å²) in [7, 11) is 0. The second-order valence-corrected chi connectivity index (χ2v) is 18.5. The van der Waals surface area contributed by atoms with Crippen molar-refractivity contribution in [3.05, 3.63) is 250 Å². The molecule has 7 heteroatoms. The molecule has 73 heavy (non-hydrogen) atoms. The molecule has 0 saturated heterocycles. The van der Waals surface area contributed by atoms with E-state index < -0.39 is 0 Å². The number of rotatable bonds is 8. The first-order valence-corrected chi connectivity index (χ1v) is 24.4. The van der Waals surface area contributed by atoms with E-state index in [1.807, 2.05) is 61.7 Å². The molecule has 0 fully saturated rings. The molecule has 0 aliphatic rings. The molecule has 0 aliphatic carbocycles. The lowest BCUT2D eigenvalue weighted by molar-refractivity contribution is 1.10. The molecule has 8 aromatic carbocycles. The Labute approximate surface area is 420 Å². The van der Waals surface area contributed by atoms with Gasteiger partial charge in [-0.2, -0.15) is 0 Å². The summed E-state index contributed by atoms with van der Waals surface area (Å²) >= 11 is 0. The third-order valence-corrected chi connectivity index (χ3v) is 14.0. The van der Waals surface area contributed by atoms with E-state index in [2.05, 4.69) is 193 Å². The number of para-hydroxylation sites is 3. The van der Waals surface area contributed by atoms with Crippen LogP contribution in [0.5, 0.6) is 0 Å². The minimum atomic E-state index is 0.786. The predicted octanol–water partition coefficient (Wildman–Crippen LogP) is 16.3. The summed E-state index contributed by atoms with van der Waals surface area (Å²) in [6.45, 7) is 0. The second-order valence-electron chi connectivity index (χ2n) is 18.5. The van der Waals surface area contributed by atoms with Gasteiger partial charge in [-0.1, -0.05) is 127 Å². The van der Waals surface area contributed by atoms with Crippen molar-refractivity contribution in [3.8, 4) is 84.1 Å². The van der Waals surface area contributed by atoms with E-state index in [0.717, 1.165) is 138 Å². The van der Waals surface area contributed by atoms with Crippen molar-refractivity contribution >= 4 is 54.1 Å². The van der Waals surface area contributed by atoms with Crippen molar-refractivity contribution in [2.45, 2.75) is 0 Å². The van der Waals surface area contributed by atoms with Gasteiger partial charge < -0.3 is 0 Å². The molecule has 0 aliphatic heterocycles. The van der Waals surface area contributed by atoms with Crippen LogP contribution in [-0.2, 0) is 0 Å². The van der Waals surface area contributed by atoms with Gasteiger partial charge >= 0.3 is 0 Å². The number of aromatic nitrogens is 7. The standard InChI is InChI=1S/C66H41N7/c1-2-18-53(19-3-1)73-65-25-13-12-24-62(65)72-66(73)52-32-63(50-28-46(58-38-67-34-42-14-4-8-20-54(42)58)26-47(29-50)59-39-68-35-43-15-5-9-21-55(43)59)71-64(33-52)51-30-48(60-40-69-36-44-16-6-10-22-56(44)60)27-49(31-51)61-41-70-37-45-17-7-11-23-57(45)61/h1-41H. The fourth-order valence-corrected chi connectivity index (χ4v) is 10.6. The van der Waals surface area contributed by atoms with Gasteiger partial charge in [0, 0.05) is 116 Å². The molecule has 6 aromatic heterocycles. The number of hydrogen-bond donors (Lipinski definition) is 0. The lowest BCUT2D eigenvalue weighted by Crippen LogP contribution is -1.99. The third kappa shape index (κ3) is 7.46. The van der Waals surface area contributed by atoms with Crippen LogP contribution in [-0.4, -0.2) is 34.5 Å². The van der Waals surface area contributed by atoms with E-state index in [0.29, 0.717) is 0 Å². The molecule has 0 unspecified atom stereocenters. The normalized spacial score (nSPS) is 11.6. The second kappa shape index (κ2) is 17.5. The summed E-state index contributed by atoms with van der Waals surface area (Å²) in [6, 6.07) is 70.5. The van der Waals surface area contributed by atoms with E-state index in [1.54, 1.807) is 0 Å². The Morgan fingerprint density at radius 2 is 0.630 bits per heavy atom. The number of hydrogen-bond acceptors (Lipinski definition) is 6. The molecule has 0 saturated carbocycles. The average molecular weight is 932 g/mol. The van der Waals surface area contributed by atoms with Crippen molar-refractivity contribution in [1.82, 2.24) is 34.5 Å². The first kappa shape index (κ1) is 41.9. The Hall–Kier alpha value is -9.98. The molecular weight excluding hydrogens is 891 g/mol. The van der Waals surface area contributed by atoms with Crippen molar-refractivity contribution in [3.63, 3.8) is 0 Å². The summed E-state index contributed by atoms with van der Waals surface area (Å²) < 4.78 is 2.26. The SMILES string of the molecule is c1ccc(-n2c(-c3cc(-c4cc(-c5cncc6ccccc56)cc(-c5cncc6ccccc56)c4)nc(-c4cc(-c5cncc6ccccc56)cc(-c5cncc6ccccc56)c4)c3)nc3ccccc32)cc1. The van der Waals surface area contributed by atoms with Gasteiger partial charge in [0.25, 0.3) is 0 Å². The smallest absolute Gasteiger partial charge is 0.145 e. The Bertz CT molecular complexity index is 4020. The molecule has 0 bridgehead atoms. The van der Waals surface area contributed by atoms with Gasteiger partial charge in [-0.05, 0) is 117 Å². The molecule has 0 atom stereocenters. The highest BCUT2D eigenvalue weighted by molar-refractivity contribution is 6.03. The van der Waals surface area contributed by atoms with Gasteiger partial charge in [-0.3, -0.25) is 24.5 Å². The molecule has 0 amide bonds. The zero-order valence-electron chi connectivity index (χ0n) is 39.3. The average Bonchev–Trinajstić information content (AvgIpc) is 3.86. The number of nitrogens with zero attached hydrogens (tertiary/aromatic N) is 7. The van der Waals surface area contributed by atoms with Crippen LogP contribution in [0, 0.1) is 0 Å². The maximum Gasteiger partial charge on any atom is 0.145 e. The van der Waals surface area contributed by atoms with Crippen LogP contribution in [0.1, 0.15) is 0 Å². The maximum atomic E-state index is 5.74. The Kier molecular flexibility index (Phi) is 10.0. The van der Waals surface area contributed by atoms with E-state index in [-0.39, 0.29) is 0 Å². The molecule has 0 spiro atoms. The molecule has 0 N–H and O–H groups in total. The molecule has 6 heterocycles. The summed E-state index contributed by atoms with van der Waals surface area (Å²) in [5, 5.41) is 8.74. The zero-order valence-corrected chi connectivity index (χ0v) is 39.3. The topological polar surface area (TPSA) is 82.3 Å². The number of fused-ring (bicyclic) bond motifs is 5. The van der Waals surface area contributed by atoms with Crippen molar-refractivity contribution < 1.29 is 0 Å². The van der Waals surface area contributed by atoms with Crippen molar-refractivity contribution in [2.75, 3.05) is 0 Å². The highest BCUT2D eigenvalue weighted by Crippen LogP contribution is 2.42. The van der Waals surface area contributed by atoms with Crippen LogP contribution in [0.15, 0.2) is 250 Å². The van der Waals surface area contributed by atoms with Crippen LogP contribution in [0.25, 0.3) is 138 Å². The summed E-state index contributed by atoms with van der Waals surface area (Å²) in [5.41, 5.74) is 15.5. The van der Waals surface area contributed by atoms with Gasteiger partial charge in [-0.15, -0.1) is 0 Å². The lowest BCUT2D eigenvalue weighted by Gasteiger charge is -2.17. The van der Waals surface area contributed by atoms with Gasteiger partial charge in [0.15, 0.2) is 0 Å². The van der Waals surface area contributed by atoms with Crippen LogP contribution in [0.4, 0.5) is 0 Å². The van der Waals surface area contributed by atoms with Crippen molar-refractivity contribution in [2.24, 2.45) is 0 Å². The van der Waals surface area contributed by atoms with Gasteiger partial charge in [0.05, 0.1) is 22.4 Å². The highest BCUT2D eigenvalue weighted by atomic mass is 15.1. The van der Waals surface area contributed by atoms with Gasteiger partial charge in [0.1, 0.15) is 5.82 Å². The number of imidazole rings is 1. The summed E-state index contributed by atoms with van der Waals surface area (Å²) in [5.74, 6) is 0.804. The third-order valence-electron chi connectivity index (χ3n) is 14.0. The van der Waals surface area contributed by atoms with Crippen molar-refractivity contribution in [1.29, 1.82) is 0 Å². The molecule has 340 valence electrons. The number of pyridine rings is 5. The fourth-order valence-electron chi connectivity index (χ4n) is 10.6. The van der Waals surface area contributed by atoms with Gasteiger partial charge in [0.2, 0.25) is 0 Å². The lowest BCUT2D eigenvalue weighted by atomic mass is 9.91. The Balaban J connectivity index is 1.08. The Morgan fingerprint density at radius 1 is 0.274 bits per heavy atom. The van der Waals surface area contributed by atoms with Crippen LogP contribution in [0.2, 0.25) is 0 Å². The first-order valence-electron chi connectivity index (χ1n) is 24.4. The van der Waals surface area contributed by atoms with Crippen LogP contribution in [0.3, 0.4) is 0 Å². The largest absolute Gasteiger partial charge is 0.292 e. The van der Waals surface area contributed by atoms with E-state index >= 15 is 0 Å². The summed E-state index contributed by atoms with van der Waals surface area (Å²) in [4.78, 5) is 30.2. The van der Waals surface area contributed by atoms with Gasteiger partial charge in [-0.25, -0.2) is 9.97 Å². The quantitative estimate of drug-likeness (QED) is 0.151. The number of benzene rings is 8. The molecule has 0 radical (unpaired) electrons. The maximum absolute atomic E-state index is 5.74. The molecule has 14 aromatic rings. The van der Waals surface area contributed by atoms with Crippen LogP contribution < -0.4 is 0 Å². The zero-order chi connectivity index (χ0) is 48.2. The molecule has 14 rings (SSSR count). The molecular formula is C66H41N7. The van der Waals surface area contributed by atoms with E-state index in [4.69, 9.17) is 29.9 Å². The monoisotopic (exact) mass is 931 g/mol. The minimum Gasteiger partial charge on any atom is -0.292 e. The van der Waals surface area contributed by atoms with E-state index in [1.165, 1.54) is 0 Å². The Morgan fingerprint density at radius 3 is 1.05 bits per heavy atom.